The summed E-state index contributed by atoms with van der Waals surface area (Å²) >= 11 is 0. The second-order valence-corrected chi connectivity index (χ2v) is 8.93. The smallest absolute Gasteiger partial charge is 0.368 e. The van der Waals surface area contributed by atoms with Gasteiger partial charge in [0.05, 0.1) is 21.9 Å². The standard InChI is InChI=1S/C27H21F4N5O3/c28-20-6-4-18(5-7-20)24-17-25(35(32-24)21-8-10-22(11-9-21)36(38)39)26(37)34-14-12-33(13-15-34)23-3-1-2-19(16-23)27(29,30)31/h1-11,16-17H,12-15H2. The lowest BCUT2D eigenvalue weighted by atomic mass is 10.1. The van der Waals surface area contributed by atoms with Gasteiger partial charge in [0.15, 0.2) is 0 Å². The lowest BCUT2D eigenvalue weighted by Gasteiger charge is -2.36. The molecule has 1 amide bonds. The number of piperazine rings is 1. The zero-order valence-corrected chi connectivity index (χ0v) is 20.3. The number of hydrogen-bond acceptors (Lipinski definition) is 5. The number of aromatic nitrogens is 2. The summed E-state index contributed by atoms with van der Waals surface area (Å²) in [6.07, 6.45) is -4.45. The number of nitro groups is 1. The molecule has 1 fully saturated rings. The molecule has 0 unspecified atom stereocenters. The topological polar surface area (TPSA) is 84.5 Å². The Bertz CT molecular complexity index is 1510. The summed E-state index contributed by atoms with van der Waals surface area (Å²) in [7, 11) is 0. The number of amides is 1. The van der Waals surface area contributed by atoms with Gasteiger partial charge < -0.3 is 9.80 Å². The van der Waals surface area contributed by atoms with Gasteiger partial charge in [-0.15, -0.1) is 0 Å². The second kappa shape index (κ2) is 10.2. The molecule has 1 saturated heterocycles. The zero-order chi connectivity index (χ0) is 27.7. The van der Waals surface area contributed by atoms with Crippen molar-refractivity contribution in [3.8, 4) is 16.9 Å². The Morgan fingerprint density at radius 1 is 0.872 bits per heavy atom. The quantitative estimate of drug-likeness (QED) is 0.188. The predicted molar refractivity (Wildman–Crippen MR) is 135 cm³/mol. The average Bonchev–Trinajstić information content (AvgIpc) is 3.38. The van der Waals surface area contributed by atoms with Crippen molar-refractivity contribution in [3.05, 3.63) is 106 Å². The van der Waals surface area contributed by atoms with E-state index in [0.29, 0.717) is 35.7 Å². The molecule has 3 aromatic carbocycles. The Morgan fingerprint density at radius 3 is 2.15 bits per heavy atom. The molecule has 39 heavy (non-hydrogen) atoms. The van der Waals surface area contributed by atoms with Crippen LogP contribution in [0.15, 0.2) is 78.9 Å². The first kappa shape index (κ1) is 25.9. The van der Waals surface area contributed by atoms with Crippen molar-refractivity contribution in [3.63, 3.8) is 0 Å². The third-order valence-electron chi connectivity index (χ3n) is 6.48. The van der Waals surface area contributed by atoms with Gasteiger partial charge in [0.2, 0.25) is 0 Å². The number of carbonyl (C=O) groups excluding carboxylic acids is 1. The third-order valence-corrected chi connectivity index (χ3v) is 6.48. The summed E-state index contributed by atoms with van der Waals surface area (Å²) in [5.74, 6) is -0.790. The van der Waals surface area contributed by atoms with Gasteiger partial charge in [0, 0.05) is 49.6 Å². The van der Waals surface area contributed by atoms with Gasteiger partial charge in [-0.1, -0.05) is 6.07 Å². The number of hydrogen-bond donors (Lipinski definition) is 0. The van der Waals surface area contributed by atoms with Crippen molar-refractivity contribution in [1.82, 2.24) is 14.7 Å². The number of non-ortho nitro benzene ring substituents is 1. The van der Waals surface area contributed by atoms with Crippen molar-refractivity contribution in [1.29, 1.82) is 0 Å². The zero-order valence-electron chi connectivity index (χ0n) is 20.3. The Balaban J connectivity index is 1.41. The summed E-state index contributed by atoms with van der Waals surface area (Å²) < 4.78 is 54.3. The summed E-state index contributed by atoms with van der Waals surface area (Å²) in [6, 6.07) is 17.8. The molecule has 1 aromatic heterocycles. The first-order valence-corrected chi connectivity index (χ1v) is 11.9. The maximum Gasteiger partial charge on any atom is 0.416 e. The number of benzene rings is 3. The Hall–Kier alpha value is -4.74. The van der Waals surface area contributed by atoms with Crippen LogP contribution in [0.25, 0.3) is 16.9 Å². The molecule has 0 N–H and O–H groups in total. The Labute approximate surface area is 219 Å². The molecule has 12 heteroatoms. The van der Waals surface area contributed by atoms with Crippen molar-refractivity contribution in [2.45, 2.75) is 6.18 Å². The summed E-state index contributed by atoms with van der Waals surface area (Å²) in [5.41, 5.74) is 1.14. The van der Waals surface area contributed by atoms with E-state index in [-0.39, 0.29) is 30.4 Å². The van der Waals surface area contributed by atoms with E-state index in [9.17, 15) is 32.5 Å². The van der Waals surface area contributed by atoms with Crippen LogP contribution in [0.3, 0.4) is 0 Å². The fraction of sp³-hybridized carbons (Fsp3) is 0.185. The number of carbonyl (C=O) groups is 1. The van der Waals surface area contributed by atoms with Gasteiger partial charge in [-0.05, 0) is 60.7 Å². The third kappa shape index (κ3) is 5.44. The Kier molecular flexibility index (Phi) is 6.77. The first-order valence-electron chi connectivity index (χ1n) is 11.9. The molecule has 0 bridgehead atoms. The minimum absolute atomic E-state index is 0.122. The summed E-state index contributed by atoms with van der Waals surface area (Å²) in [6.45, 7) is 1.16. The predicted octanol–water partition coefficient (Wildman–Crippen LogP) is 5.57. The minimum atomic E-state index is -4.45. The normalized spacial score (nSPS) is 13.9. The van der Waals surface area contributed by atoms with Crippen LogP contribution >= 0.6 is 0 Å². The maximum atomic E-state index is 13.6. The fourth-order valence-electron chi connectivity index (χ4n) is 4.42. The van der Waals surface area contributed by atoms with Crippen molar-refractivity contribution in [2.75, 3.05) is 31.1 Å². The van der Waals surface area contributed by atoms with E-state index in [2.05, 4.69) is 5.10 Å². The summed E-state index contributed by atoms with van der Waals surface area (Å²) in [5, 5.41) is 15.6. The largest absolute Gasteiger partial charge is 0.416 e. The van der Waals surface area contributed by atoms with Crippen molar-refractivity contribution in [2.24, 2.45) is 0 Å². The van der Waals surface area contributed by atoms with E-state index in [1.165, 1.54) is 59.3 Å². The average molecular weight is 539 g/mol. The van der Waals surface area contributed by atoms with Crippen LogP contribution in [0.1, 0.15) is 16.1 Å². The molecular weight excluding hydrogens is 518 g/mol. The Morgan fingerprint density at radius 2 is 1.54 bits per heavy atom. The van der Waals surface area contributed by atoms with Gasteiger partial charge >= 0.3 is 6.18 Å². The highest BCUT2D eigenvalue weighted by Gasteiger charge is 2.32. The number of anilines is 1. The van der Waals surface area contributed by atoms with E-state index in [0.717, 1.165) is 12.1 Å². The highest BCUT2D eigenvalue weighted by Crippen LogP contribution is 2.32. The molecule has 200 valence electrons. The van der Waals surface area contributed by atoms with Gasteiger partial charge in [-0.3, -0.25) is 14.9 Å². The number of halogens is 4. The van der Waals surface area contributed by atoms with Crippen LogP contribution in [0.2, 0.25) is 0 Å². The van der Waals surface area contributed by atoms with Gasteiger partial charge in [-0.2, -0.15) is 18.3 Å². The molecule has 1 aliphatic rings. The number of alkyl halides is 3. The molecule has 2 heterocycles. The molecule has 0 radical (unpaired) electrons. The van der Waals surface area contributed by atoms with Gasteiger partial charge in [0.25, 0.3) is 11.6 Å². The monoisotopic (exact) mass is 539 g/mol. The minimum Gasteiger partial charge on any atom is -0.368 e. The van der Waals surface area contributed by atoms with Crippen LogP contribution < -0.4 is 4.90 Å². The van der Waals surface area contributed by atoms with Crippen molar-refractivity contribution >= 4 is 17.3 Å². The van der Waals surface area contributed by atoms with Crippen LogP contribution in [0.4, 0.5) is 28.9 Å². The van der Waals surface area contributed by atoms with Gasteiger partial charge in [0.1, 0.15) is 11.5 Å². The highest BCUT2D eigenvalue weighted by atomic mass is 19.4. The molecular formula is C27H21F4N5O3. The number of nitro benzene ring substituents is 1. The van der Waals surface area contributed by atoms with Crippen LogP contribution in [0.5, 0.6) is 0 Å². The molecule has 0 saturated carbocycles. The lowest BCUT2D eigenvalue weighted by molar-refractivity contribution is -0.384. The maximum absolute atomic E-state index is 13.6. The molecule has 1 aliphatic heterocycles. The highest BCUT2D eigenvalue weighted by molar-refractivity contribution is 5.94. The van der Waals surface area contributed by atoms with Crippen LogP contribution in [-0.2, 0) is 6.18 Å². The molecule has 5 rings (SSSR count). The molecule has 0 spiro atoms. The van der Waals surface area contributed by atoms with E-state index < -0.39 is 22.5 Å². The number of rotatable bonds is 5. The SMILES string of the molecule is O=C(c1cc(-c2ccc(F)cc2)nn1-c1ccc([N+](=O)[O-])cc1)N1CCN(c2cccc(C(F)(F)F)c2)CC1. The number of nitrogens with zero attached hydrogens (tertiary/aromatic N) is 5. The van der Waals surface area contributed by atoms with Gasteiger partial charge in [-0.25, -0.2) is 9.07 Å². The van der Waals surface area contributed by atoms with Crippen molar-refractivity contribution < 1.29 is 27.3 Å². The van der Waals surface area contributed by atoms with Crippen LogP contribution in [0, 0.1) is 15.9 Å². The van der Waals surface area contributed by atoms with Crippen LogP contribution in [-0.4, -0.2) is 51.7 Å². The molecule has 0 aliphatic carbocycles. The van der Waals surface area contributed by atoms with E-state index >= 15 is 0 Å². The van der Waals surface area contributed by atoms with E-state index in [1.54, 1.807) is 21.9 Å². The molecule has 0 atom stereocenters. The first-order chi connectivity index (χ1) is 18.6. The van der Waals surface area contributed by atoms with E-state index in [4.69, 9.17) is 0 Å². The fourth-order valence-corrected chi connectivity index (χ4v) is 4.42. The molecule has 4 aromatic rings. The summed E-state index contributed by atoms with van der Waals surface area (Å²) in [4.78, 5) is 27.5. The second-order valence-electron chi connectivity index (χ2n) is 8.93. The molecule has 8 nitrogen and oxygen atoms in total. The lowest BCUT2D eigenvalue weighted by Crippen LogP contribution is -2.49. The van der Waals surface area contributed by atoms with E-state index in [1.807, 2.05) is 0 Å².